The normalized spacial score (nSPS) is 15.3. The van der Waals surface area contributed by atoms with E-state index in [9.17, 15) is 4.79 Å². The minimum Gasteiger partial charge on any atom is -0.405 e. The van der Waals surface area contributed by atoms with E-state index in [0.717, 1.165) is 0 Å². The number of amidine groups is 1. The standard InChI is InChI=1S/C14H30N2O2Si/c1-10-12(13(17)15-11(2)16(6)7)18-19(8,9)14(3,4)5/h12H,10H2,1-9H3/b15-11+. The number of hydrogen-bond acceptors (Lipinski definition) is 2. The first-order valence-corrected chi connectivity index (χ1v) is 9.77. The monoisotopic (exact) mass is 286 g/mol. The molecule has 0 aliphatic heterocycles. The molecule has 0 aliphatic carbocycles. The van der Waals surface area contributed by atoms with Crippen molar-refractivity contribution in [2.75, 3.05) is 14.1 Å². The molecular weight excluding hydrogens is 256 g/mol. The van der Waals surface area contributed by atoms with Gasteiger partial charge in [-0.25, -0.2) is 0 Å². The number of amides is 1. The zero-order valence-corrected chi connectivity index (χ0v) is 15.0. The van der Waals surface area contributed by atoms with Crippen molar-refractivity contribution in [2.24, 2.45) is 4.99 Å². The van der Waals surface area contributed by atoms with Gasteiger partial charge in [0, 0.05) is 14.1 Å². The highest BCUT2D eigenvalue weighted by Gasteiger charge is 2.40. The Kier molecular flexibility index (Phi) is 6.42. The van der Waals surface area contributed by atoms with E-state index in [1.807, 2.05) is 32.8 Å². The summed E-state index contributed by atoms with van der Waals surface area (Å²) in [4.78, 5) is 18.1. The van der Waals surface area contributed by atoms with Crippen molar-refractivity contribution in [3.05, 3.63) is 0 Å². The van der Waals surface area contributed by atoms with Crippen LogP contribution in [0, 0.1) is 0 Å². The van der Waals surface area contributed by atoms with Crippen molar-refractivity contribution in [1.82, 2.24) is 4.90 Å². The zero-order chi connectivity index (χ0) is 15.4. The summed E-state index contributed by atoms with van der Waals surface area (Å²) in [5, 5.41) is 0.0982. The lowest BCUT2D eigenvalue weighted by molar-refractivity contribution is -0.125. The van der Waals surface area contributed by atoms with Crippen LogP contribution in [0.15, 0.2) is 4.99 Å². The summed E-state index contributed by atoms with van der Waals surface area (Å²) in [5.41, 5.74) is 0. The molecule has 0 aliphatic rings. The number of rotatable bonds is 4. The molecule has 0 bridgehead atoms. The van der Waals surface area contributed by atoms with Crippen molar-refractivity contribution in [2.45, 2.75) is 65.3 Å². The molecule has 0 aromatic heterocycles. The van der Waals surface area contributed by atoms with Gasteiger partial charge in [-0.1, -0.05) is 27.7 Å². The fraction of sp³-hybridized carbons (Fsp3) is 0.857. The van der Waals surface area contributed by atoms with Crippen LogP contribution < -0.4 is 0 Å². The SMILES string of the molecule is CCC(O[Si](C)(C)C(C)(C)C)C(=O)/N=C(\C)N(C)C. The van der Waals surface area contributed by atoms with Gasteiger partial charge in [-0.3, -0.25) is 4.79 Å². The molecule has 0 saturated heterocycles. The van der Waals surface area contributed by atoms with Crippen LogP contribution >= 0.6 is 0 Å². The van der Waals surface area contributed by atoms with Gasteiger partial charge in [0.2, 0.25) is 0 Å². The van der Waals surface area contributed by atoms with Gasteiger partial charge in [-0.2, -0.15) is 4.99 Å². The second-order valence-corrected chi connectivity index (χ2v) is 11.4. The fourth-order valence-corrected chi connectivity index (χ4v) is 2.50. The summed E-state index contributed by atoms with van der Waals surface area (Å²) in [6.07, 6.45) is 0.242. The van der Waals surface area contributed by atoms with Gasteiger partial charge in [0.25, 0.3) is 5.91 Å². The summed E-state index contributed by atoms with van der Waals surface area (Å²) >= 11 is 0. The van der Waals surface area contributed by atoms with Crippen LogP contribution in [0.3, 0.4) is 0 Å². The van der Waals surface area contributed by atoms with Gasteiger partial charge in [0.1, 0.15) is 11.9 Å². The molecule has 0 saturated carbocycles. The summed E-state index contributed by atoms with van der Waals surface area (Å²) in [5.74, 6) is 0.542. The maximum Gasteiger partial charge on any atom is 0.275 e. The Balaban J connectivity index is 4.96. The topological polar surface area (TPSA) is 41.9 Å². The largest absolute Gasteiger partial charge is 0.405 e. The molecule has 0 radical (unpaired) electrons. The van der Waals surface area contributed by atoms with E-state index in [0.29, 0.717) is 12.3 Å². The number of nitrogens with zero attached hydrogens (tertiary/aromatic N) is 2. The van der Waals surface area contributed by atoms with E-state index in [4.69, 9.17) is 4.43 Å². The predicted molar refractivity (Wildman–Crippen MR) is 84.2 cm³/mol. The van der Waals surface area contributed by atoms with E-state index in [-0.39, 0.29) is 10.9 Å². The van der Waals surface area contributed by atoms with Crippen molar-refractivity contribution < 1.29 is 9.22 Å². The van der Waals surface area contributed by atoms with Crippen LogP contribution in [0.25, 0.3) is 0 Å². The van der Waals surface area contributed by atoms with Crippen molar-refractivity contribution in [1.29, 1.82) is 0 Å². The first-order valence-electron chi connectivity index (χ1n) is 6.86. The van der Waals surface area contributed by atoms with Gasteiger partial charge < -0.3 is 9.33 Å². The number of aliphatic imine (C=N–C) groups is 1. The van der Waals surface area contributed by atoms with E-state index in [2.05, 4.69) is 38.9 Å². The predicted octanol–water partition coefficient (Wildman–Crippen LogP) is 3.29. The molecular formula is C14H30N2O2Si. The van der Waals surface area contributed by atoms with Crippen molar-refractivity contribution >= 4 is 20.1 Å². The Morgan fingerprint density at radius 3 is 2.11 bits per heavy atom. The summed E-state index contributed by atoms with van der Waals surface area (Å²) in [7, 11) is 1.82. The number of hydrogen-bond donors (Lipinski definition) is 0. The highest BCUT2D eigenvalue weighted by Crippen LogP contribution is 2.37. The lowest BCUT2D eigenvalue weighted by atomic mass is 10.2. The van der Waals surface area contributed by atoms with Crippen LogP contribution in [0.4, 0.5) is 0 Å². The maximum absolute atomic E-state index is 12.2. The Morgan fingerprint density at radius 1 is 1.32 bits per heavy atom. The minimum absolute atomic E-state index is 0.0982. The van der Waals surface area contributed by atoms with Gasteiger partial charge in [-0.05, 0) is 31.5 Å². The first kappa shape index (κ1) is 18.3. The van der Waals surface area contributed by atoms with Crippen LogP contribution in [-0.4, -0.2) is 45.2 Å². The molecule has 0 spiro atoms. The Morgan fingerprint density at radius 2 is 1.79 bits per heavy atom. The highest BCUT2D eigenvalue weighted by atomic mass is 28.4. The second kappa shape index (κ2) is 6.66. The van der Waals surface area contributed by atoms with Crippen LogP contribution in [0.5, 0.6) is 0 Å². The third-order valence-corrected chi connectivity index (χ3v) is 8.29. The molecule has 1 unspecified atom stereocenters. The lowest BCUT2D eigenvalue weighted by Gasteiger charge is -2.38. The molecule has 1 atom stereocenters. The van der Waals surface area contributed by atoms with E-state index >= 15 is 0 Å². The van der Waals surface area contributed by atoms with Gasteiger partial charge in [-0.15, -0.1) is 0 Å². The lowest BCUT2D eigenvalue weighted by Crippen LogP contribution is -2.45. The van der Waals surface area contributed by atoms with E-state index in [1.54, 1.807) is 0 Å². The van der Waals surface area contributed by atoms with Gasteiger partial charge in [0.15, 0.2) is 8.32 Å². The molecule has 0 fully saturated rings. The average Bonchev–Trinajstić information content (AvgIpc) is 2.23. The van der Waals surface area contributed by atoms with Crippen molar-refractivity contribution in [3.63, 3.8) is 0 Å². The molecule has 0 aromatic carbocycles. The minimum atomic E-state index is -1.93. The molecule has 0 heterocycles. The number of carbonyl (C=O) groups is 1. The molecule has 4 nitrogen and oxygen atoms in total. The third kappa shape index (κ3) is 5.44. The Bertz CT molecular complexity index is 344. The van der Waals surface area contributed by atoms with Gasteiger partial charge >= 0.3 is 0 Å². The summed E-state index contributed by atoms with van der Waals surface area (Å²) < 4.78 is 6.16. The Hall–Kier alpha value is -0.683. The zero-order valence-electron chi connectivity index (χ0n) is 14.0. The molecule has 112 valence electrons. The van der Waals surface area contributed by atoms with E-state index < -0.39 is 14.4 Å². The van der Waals surface area contributed by atoms with Crippen LogP contribution in [-0.2, 0) is 9.22 Å². The van der Waals surface area contributed by atoms with Crippen LogP contribution in [0.1, 0.15) is 41.0 Å². The fourth-order valence-electron chi connectivity index (χ4n) is 1.17. The maximum atomic E-state index is 12.2. The molecule has 19 heavy (non-hydrogen) atoms. The molecule has 0 N–H and O–H groups in total. The first-order chi connectivity index (χ1) is 8.42. The van der Waals surface area contributed by atoms with E-state index in [1.165, 1.54) is 0 Å². The third-order valence-electron chi connectivity index (χ3n) is 3.81. The number of carbonyl (C=O) groups excluding carboxylic acids is 1. The van der Waals surface area contributed by atoms with Gasteiger partial charge in [0.05, 0.1) is 0 Å². The molecule has 0 aromatic rings. The quantitative estimate of drug-likeness (QED) is 0.452. The van der Waals surface area contributed by atoms with Crippen LogP contribution in [0.2, 0.25) is 18.1 Å². The molecule has 0 rings (SSSR count). The summed E-state index contributed by atoms with van der Waals surface area (Å²) in [6.45, 7) is 14.6. The molecule has 1 amide bonds. The molecule has 5 heteroatoms. The second-order valence-electron chi connectivity index (χ2n) is 6.67. The van der Waals surface area contributed by atoms with Crippen molar-refractivity contribution in [3.8, 4) is 0 Å². The summed E-state index contributed by atoms with van der Waals surface area (Å²) in [6, 6.07) is 0. The smallest absolute Gasteiger partial charge is 0.275 e. The average molecular weight is 286 g/mol. The highest BCUT2D eigenvalue weighted by molar-refractivity contribution is 6.74. The Labute approximate surface area is 119 Å².